The molecule has 2 aliphatic carbocycles. The maximum atomic E-state index is 4.87. The maximum Gasteiger partial charge on any atom is 0.113 e. The van der Waals surface area contributed by atoms with Crippen LogP contribution in [0.25, 0.3) is 0 Å². The highest BCUT2D eigenvalue weighted by Gasteiger charge is 2.40. The fourth-order valence-corrected chi connectivity index (χ4v) is 4.06. The van der Waals surface area contributed by atoms with Gasteiger partial charge < -0.3 is 5.32 Å². The monoisotopic (exact) mass is 222 g/mol. The molecule has 2 aliphatic rings. The van der Waals surface area contributed by atoms with Crippen molar-refractivity contribution in [2.45, 2.75) is 50.5 Å². The van der Waals surface area contributed by atoms with Gasteiger partial charge in [-0.2, -0.15) is 0 Å². The summed E-state index contributed by atoms with van der Waals surface area (Å²) in [4.78, 5) is 6.44. The smallest absolute Gasteiger partial charge is 0.113 e. The number of aryl methyl sites for hydroxylation is 2. The summed E-state index contributed by atoms with van der Waals surface area (Å²) in [7, 11) is 2.08. The number of nitrogens with one attached hydrogen (secondary N) is 1. The summed E-state index contributed by atoms with van der Waals surface area (Å²) >= 11 is 1.97. The summed E-state index contributed by atoms with van der Waals surface area (Å²) in [6.45, 7) is 0. The second-order valence-electron chi connectivity index (χ2n) is 4.78. The molecule has 2 nitrogen and oxygen atoms in total. The van der Waals surface area contributed by atoms with E-state index in [2.05, 4.69) is 12.4 Å². The Morgan fingerprint density at radius 2 is 2.00 bits per heavy atom. The van der Waals surface area contributed by atoms with Crippen molar-refractivity contribution in [2.75, 3.05) is 7.05 Å². The van der Waals surface area contributed by atoms with E-state index in [1.165, 1.54) is 55.6 Å². The summed E-state index contributed by atoms with van der Waals surface area (Å²) in [5.41, 5.74) is 1.66. The van der Waals surface area contributed by atoms with E-state index in [0.29, 0.717) is 0 Å². The van der Waals surface area contributed by atoms with Crippen LogP contribution in [0.1, 0.15) is 47.7 Å². The van der Waals surface area contributed by atoms with Crippen molar-refractivity contribution in [3.05, 3.63) is 15.6 Å². The molecule has 82 valence electrons. The molecular weight excluding hydrogens is 204 g/mol. The van der Waals surface area contributed by atoms with E-state index in [4.69, 9.17) is 4.98 Å². The zero-order valence-corrected chi connectivity index (χ0v) is 10.1. The molecule has 1 saturated carbocycles. The number of aromatic nitrogens is 1. The van der Waals surface area contributed by atoms with E-state index in [9.17, 15) is 0 Å². The summed E-state index contributed by atoms with van der Waals surface area (Å²) < 4.78 is 0. The molecule has 0 amide bonds. The summed E-state index contributed by atoms with van der Waals surface area (Å²) in [5, 5.41) is 4.85. The van der Waals surface area contributed by atoms with Gasteiger partial charge in [-0.05, 0) is 52.0 Å². The number of thiazole rings is 1. The van der Waals surface area contributed by atoms with Gasteiger partial charge in [0.1, 0.15) is 5.01 Å². The molecule has 0 spiro atoms. The standard InChI is InChI=1S/C12H18N2S/c1-13-12(7-4-8-12)11-14-9-5-2-3-6-10(9)15-11/h13H,2-8H2,1H3. The molecule has 3 heteroatoms. The van der Waals surface area contributed by atoms with Gasteiger partial charge >= 0.3 is 0 Å². The molecule has 1 aromatic heterocycles. The highest BCUT2D eigenvalue weighted by Crippen LogP contribution is 2.44. The van der Waals surface area contributed by atoms with Crippen LogP contribution in [0.5, 0.6) is 0 Å². The maximum absolute atomic E-state index is 4.87. The van der Waals surface area contributed by atoms with Crippen LogP contribution in [0.3, 0.4) is 0 Å². The van der Waals surface area contributed by atoms with Crippen molar-refractivity contribution >= 4 is 11.3 Å². The first-order valence-corrected chi connectivity index (χ1v) is 6.84. The third-order valence-electron chi connectivity index (χ3n) is 3.94. The van der Waals surface area contributed by atoms with Crippen LogP contribution in [-0.2, 0) is 18.4 Å². The largest absolute Gasteiger partial charge is 0.308 e. The third-order valence-corrected chi connectivity index (χ3v) is 5.30. The number of nitrogens with zero attached hydrogens (tertiary/aromatic N) is 1. The summed E-state index contributed by atoms with van der Waals surface area (Å²) in [6.07, 6.45) is 9.08. The molecule has 1 fully saturated rings. The van der Waals surface area contributed by atoms with E-state index in [-0.39, 0.29) is 5.54 Å². The predicted octanol–water partition coefficient (Wildman–Crippen LogP) is 2.62. The lowest BCUT2D eigenvalue weighted by molar-refractivity contribution is 0.200. The van der Waals surface area contributed by atoms with Crippen LogP contribution >= 0.6 is 11.3 Å². The number of fused-ring (bicyclic) bond motifs is 1. The minimum absolute atomic E-state index is 0.252. The Kier molecular flexibility index (Phi) is 2.33. The molecule has 1 heterocycles. The van der Waals surface area contributed by atoms with Crippen molar-refractivity contribution in [2.24, 2.45) is 0 Å². The lowest BCUT2D eigenvalue weighted by Crippen LogP contribution is -2.45. The first-order valence-electron chi connectivity index (χ1n) is 6.02. The van der Waals surface area contributed by atoms with Crippen molar-refractivity contribution < 1.29 is 0 Å². The zero-order valence-electron chi connectivity index (χ0n) is 9.31. The Labute approximate surface area is 95.1 Å². The Bertz CT molecular complexity index is 337. The molecule has 1 aromatic rings. The van der Waals surface area contributed by atoms with Gasteiger partial charge in [0.2, 0.25) is 0 Å². The molecule has 15 heavy (non-hydrogen) atoms. The molecular formula is C12H18N2S. The van der Waals surface area contributed by atoms with Crippen molar-refractivity contribution in [1.82, 2.24) is 10.3 Å². The normalized spacial score (nSPS) is 23.3. The average molecular weight is 222 g/mol. The van der Waals surface area contributed by atoms with Crippen LogP contribution < -0.4 is 5.32 Å². The Balaban J connectivity index is 1.95. The fraction of sp³-hybridized carbons (Fsp3) is 0.750. The highest BCUT2D eigenvalue weighted by atomic mass is 32.1. The second kappa shape index (κ2) is 3.56. The first kappa shape index (κ1) is 9.79. The van der Waals surface area contributed by atoms with Crippen molar-refractivity contribution in [3.63, 3.8) is 0 Å². The fourth-order valence-electron chi connectivity index (χ4n) is 2.66. The van der Waals surface area contributed by atoms with Crippen molar-refractivity contribution in [3.8, 4) is 0 Å². The molecule has 0 aromatic carbocycles. The minimum Gasteiger partial charge on any atom is -0.308 e. The minimum atomic E-state index is 0.252. The van der Waals surface area contributed by atoms with Crippen LogP contribution in [0.15, 0.2) is 0 Å². The highest BCUT2D eigenvalue weighted by molar-refractivity contribution is 7.11. The number of hydrogen-bond donors (Lipinski definition) is 1. The number of rotatable bonds is 2. The Hall–Kier alpha value is -0.410. The predicted molar refractivity (Wildman–Crippen MR) is 63.3 cm³/mol. The van der Waals surface area contributed by atoms with Crippen LogP contribution in [0, 0.1) is 0 Å². The zero-order chi connectivity index (χ0) is 10.3. The van der Waals surface area contributed by atoms with Crippen LogP contribution in [0.2, 0.25) is 0 Å². The molecule has 0 radical (unpaired) electrons. The lowest BCUT2D eigenvalue weighted by atomic mass is 9.77. The van der Waals surface area contributed by atoms with Crippen molar-refractivity contribution in [1.29, 1.82) is 0 Å². The lowest BCUT2D eigenvalue weighted by Gasteiger charge is -2.39. The molecule has 0 aliphatic heterocycles. The van der Waals surface area contributed by atoms with Gasteiger partial charge in [-0.15, -0.1) is 11.3 Å². The van der Waals surface area contributed by atoms with Gasteiger partial charge in [-0.3, -0.25) is 0 Å². The van der Waals surface area contributed by atoms with E-state index in [1.54, 1.807) is 4.88 Å². The van der Waals surface area contributed by atoms with Gasteiger partial charge in [-0.1, -0.05) is 0 Å². The molecule has 1 N–H and O–H groups in total. The van der Waals surface area contributed by atoms with Gasteiger partial charge in [0.05, 0.1) is 11.2 Å². The van der Waals surface area contributed by atoms with Gasteiger partial charge in [0, 0.05) is 4.88 Å². The SMILES string of the molecule is CNC1(c2nc3c(s2)CCCC3)CCC1. The summed E-state index contributed by atoms with van der Waals surface area (Å²) in [6, 6.07) is 0. The summed E-state index contributed by atoms with van der Waals surface area (Å²) in [5.74, 6) is 0. The van der Waals surface area contributed by atoms with Gasteiger partial charge in [0.15, 0.2) is 0 Å². The number of hydrogen-bond acceptors (Lipinski definition) is 3. The Morgan fingerprint density at radius 1 is 1.20 bits per heavy atom. The van der Waals surface area contributed by atoms with Crippen LogP contribution in [0.4, 0.5) is 0 Å². The van der Waals surface area contributed by atoms with Gasteiger partial charge in [-0.25, -0.2) is 4.98 Å². The Morgan fingerprint density at radius 3 is 2.60 bits per heavy atom. The first-order chi connectivity index (χ1) is 7.34. The van der Waals surface area contributed by atoms with E-state index in [1.807, 2.05) is 11.3 Å². The van der Waals surface area contributed by atoms with Crippen LogP contribution in [-0.4, -0.2) is 12.0 Å². The van der Waals surface area contributed by atoms with E-state index < -0.39 is 0 Å². The second-order valence-corrected chi connectivity index (χ2v) is 5.87. The quantitative estimate of drug-likeness (QED) is 0.832. The molecule has 0 bridgehead atoms. The van der Waals surface area contributed by atoms with Gasteiger partial charge in [0.25, 0.3) is 0 Å². The third kappa shape index (κ3) is 1.44. The average Bonchev–Trinajstić information content (AvgIpc) is 2.60. The molecule has 0 atom stereocenters. The topological polar surface area (TPSA) is 24.9 Å². The molecule has 3 rings (SSSR count). The van der Waals surface area contributed by atoms with E-state index >= 15 is 0 Å². The molecule has 0 unspecified atom stereocenters. The molecule has 0 saturated heterocycles. The van der Waals surface area contributed by atoms with E-state index in [0.717, 1.165) is 0 Å².